The van der Waals surface area contributed by atoms with E-state index in [1.807, 2.05) is 38.1 Å². The van der Waals surface area contributed by atoms with Crippen molar-refractivity contribution in [2.75, 3.05) is 25.9 Å². The molecule has 1 unspecified atom stereocenters. The Bertz CT molecular complexity index is 916. The predicted molar refractivity (Wildman–Crippen MR) is 109 cm³/mol. The number of hydrogen-bond acceptors (Lipinski definition) is 4. The van der Waals surface area contributed by atoms with Crippen molar-refractivity contribution >= 4 is 15.8 Å². The van der Waals surface area contributed by atoms with Crippen LogP contribution >= 0.6 is 0 Å². The van der Waals surface area contributed by atoms with Gasteiger partial charge in [0.05, 0.1) is 12.3 Å². The van der Waals surface area contributed by atoms with Crippen molar-refractivity contribution in [3.8, 4) is 5.75 Å². The van der Waals surface area contributed by atoms with E-state index in [0.717, 1.165) is 17.4 Å². The largest absolute Gasteiger partial charge is 0.489 e. The van der Waals surface area contributed by atoms with Gasteiger partial charge in [0.15, 0.2) is 15.8 Å². The lowest BCUT2D eigenvalue weighted by molar-refractivity contribution is 0.222. The summed E-state index contributed by atoms with van der Waals surface area (Å²) in [5.74, 6) is 0.274. The van der Waals surface area contributed by atoms with Crippen LogP contribution in [0, 0.1) is 12.7 Å². The van der Waals surface area contributed by atoms with E-state index in [4.69, 9.17) is 4.74 Å². The Balaban J connectivity index is 1.81. The molecular weight excluding hydrogens is 381 g/mol. The van der Waals surface area contributed by atoms with Gasteiger partial charge in [-0.3, -0.25) is 4.99 Å². The van der Waals surface area contributed by atoms with E-state index in [9.17, 15) is 12.8 Å². The van der Waals surface area contributed by atoms with Gasteiger partial charge in [-0.2, -0.15) is 0 Å². The summed E-state index contributed by atoms with van der Waals surface area (Å²) < 4.78 is 44.1. The number of nitrogens with one attached hydrogen (secondary N) is 2. The van der Waals surface area contributed by atoms with Crippen molar-refractivity contribution < 1.29 is 17.5 Å². The maximum absolute atomic E-state index is 13.7. The first-order valence-electron chi connectivity index (χ1n) is 8.97. The molecule has 0 heterocycles. The minimum Gasteiger partial charge on any atom is -0.489 e. The molecule has 2 aromatic carbocycles. The predicted octanol–water partition coefficient (Wildman–Crippen LogP) is 2.54. The van der Waals surface area contributed by atoms with E-state index in [0.29, 0.717) is 12.5 Å². The molecular formula is C20H26FN3O3S. The van der Waals surface area contributed by atoms with Crippen LogP contribution in [-0.4, -0.2) is 46.4 Å². The topological polar surface area (TPSA) is 79.8 Å². The van der Waals surface area contributed by atoms with Crippen molar-refractivity contribution in [2.45, 2.75) is 24.8 Å². The Labute approximate surface area is 165 Å². The molecule has 0 radical (unpaired) electrons. The minimum absolute atomic E-state index is 0.101. The number of guanidine groups is 1. The van der Waals surface area contributed by atoms with Gasteiger partial charge < -0.3 is 15.4 Å². The highest BCUT2D eigenvalue weighted by Gasteiger charge is 2.18. The summed E-state index contributed by atoms with van der Waals surface area (Å²) in [4.78, 5) is 3.77. The zero-order chi connectivity index (χ0) is 20.6. The zero-order valence-electron chi connectivity index (χ0n) is 16.3. The van der Waals surface area contributed by atoms with Crippen molar-refractivity contribution in [3.63, 3.8) is 0 Å². The Morgan fingerprint density at radius 1 is 1.14 bits per heavy atom. The van der Waals surface area contributed by atoms with Crippen LogP contribution in [0.2, 0.25) is 0 Å². The summed E-state index contributed by atoms with van der Waals surface area (Å²) in [7, 11) is -2.13. The fourth-order valence-corrected chi connectivity index (χ4v) is 3.76. The molecule has 1 atom stereocenters. The maximum Gasteiger partial charge on any atom is 0.191 e. The van der Waals surface area contributed by atoms with Crippen LogP contribution in [0.3, 0.4) is 0 Å². The highest BCUT2D eigenvalue weighted by atomic mass is 32.2. The molecule has 0 saturated carbocycles. The van der Waals surface area contributed by atoms with Gasteiger partial charge in [0.1, 0.15) is 22.6 Å². The molecule has 0 aromatic heterocycles. The average molecular weight is 408 g/mol. The fourth-order valence-electron chi connectivity index (χ4n) is 2.52. The second-order valence-electron chi connectivity index (χ2n) is 6.32. The Morgan fingerprint density at radius 3 is 2.50 bits per heavy atom. The van der Waals surface area contributed by atoms with Gasteiger partial charge in [0, 0.05) is 13.6 Å². The Kier molecular flexibility index (Phi) is 7.80. The molecule has 0 amide bonds. The van der Waals surface area contributed by atoms with E-state index in [1.165, 1.54) is 18.2 Å². The molecule has 2 N–H and O–H groups in total. The standard InChI is InChI=1S/C20H26FN3O3S/c1-15-8-4-6-10-18(15)27-16(2)14-24-20(22-3)23-12-13-28(25,26)19-11-7-5-9-17(19)21/h4-11,16H,12-14H2,1-3H3,(H2,22,23,24). The first-order chi connectivity index (χ1) is 13.3. The van der Waals surface area contributed by atoms with Crippen LogP contribution in [0.5, 0.6) is 5.75 Å². The van der Waals surface area contributed by atoms with Gasteiger partial charge in [0.2, 0.25) is 0 Å². The van der Waals surface area contributed by atoms with Gasteiger partial charge in [-0.05, 0) is 37.6 Å². The highest BCUT2D eigenvalue weighted by Crippen LogP contribution is 2.17. The van der Waals surface area contributed by atoms with E-state index in [1.54, 1.807) is 7.05 Å². The summed E-state index contributed by atoms with van der Waals surface area (Å²) in [5, 5.41) is 6.02. The number of halogens is 1. The second kappa shape index (κ2) is 10.1. The normalized spacial score (nSPS) is 13.1. The average Bonchev–Trinajstić information content (AvgIpc) is 2.66. The summed E-state index contributed by atoms with van der Waals surface area (Å²) in [6, 6.07) is 13.1. The first-order valence-corrected chi connectivity index (χ1v) is 10.6. The van der Waals surface area contributed by atoms with Crippen LogP contribution in [0.25, 0.3) is 0 Å². The van der Waals surface area contributed by atoms with Gasteiger partial charge in [-0.1, -0.05) is 30.3 Å². The van der Waals surface area contributed by atoms with Gasteiger partial charge in [-0.25, -0.2) is 12.8 Å². The third-order valence-corrected chi connectivity index (χ3v) is 5.78. The van der Waals surface area contributed by atoms with Crippen molar-refractivity contribution in [2.24, 2.45) is 4.99 Å². The monoisotopic (exact) mass is 407 g/mol. The van der Waals surface area contributed by atoms with Crippen LogP contribution in [-0.2, 0) is 9.84 Å². The van der Waals surface area contributed by atoms with E-state index in [2.05, 4.69) is 15.6 Å². The lowest BCUT2D eigenvalue weighted by atomic mass is 10.2. The number of aryl methyl sites for hydroxylation is 1. The van der Waals surface area contributed by atoms with Crippen LogP contribution in [0.1, 0.15) is 12.5 Å². The molecule has 0 fully saturated rings. The van der Waals surface area contributed by atoms with Crippen LogP contribution < -0.4 is 15.4 Å². The van der Waals surface area contributed by atoms with Crippen molar-refractivity contribution in [3.05, 3.63) is 59.9 Å². The molecule has 2 rings (SSSR count). The smallest absolute Gasteiger partial charge is 0.191 e. The summed E-state index contributed by atoms with van der Waals surface area (Å²) in [6.45, 7) is 4.48. The fraction of sp³-hybridized carbons (Fsp3) is 0.350. The lowest BCUT2D eigenvalue weighted by Gasteiger charge is -2.18. The summed E-state index contributed by atoms with van der Waals surface area (Å²) >= 11 is 0. The number of hydrogen-bond donors (Lipinski definition) is 2. The van der Waals surface area contributed by atoms with Gasteiger partial charge in [-0.15, -0.1) is 0 Å². The lowest BCUT2D eigenvalue weighted by Crippen LogP contribution is -2.43. The summed E-state index contributed by atoms with van der Waals surface area (Å²) in [6.07, 6.45) is -0.123. The number of ether oxygens (including phenoxy) is 1. The van der Waals surface area contributed by atoms with Crippen molar-refractivity contribution in [1.82, 2.24) is 10.6 Å². The maximum atomic E-state index is 13.7. The number of benzene rings is 2. The number of rotatable bonds is 8. The van der Waals surface area contributed by atoms with Gasteiger partial charge >= 0.3 is 0 Å². The molecule has 0 aliphatic rings. The van der Waals surface area contributed by atoms with E-state index < -0.39 is 15.7 Å². The molecule has 0 aliphatic heterocycles. The third kappa shape index (κ3) is 6.23. The van der Waals surface area contributed by atoms with E-state index >= 15 is 0 Å². The summed E-state index contributed by atoms with van der Waals surface area (Å²) in [5.41, 5.74) is 1.05. The molecule has 0 aliphatic carbocycles. The SMILES string of the molecule is CN=C(NCCS(=O)(=O)c1ccccc1F)NCC(C)Oc1ccccc1C. The molecule has 0 bridgehead atoms. The molecule has 8 heteroatoms. The highest BCUT2D eigenvalue weighted by molar-refractivity contribution is 7.91. The number of nitrogens with zero attached hydrogens (tertiary/aromatic N) is 1. The molecule has 2 aromatic rings. The molecule has 0 saturated heterocycles. The van der Waals surface area contributed by atoms with Crippen molar-refractivity contribution in [1.29, 1.82) is 0 Å². The Hall–Kier alpha value is -2.61. The first kappa shape index (κ1) is 21.7. The molecule has 152 valence electrons. The Morgan fingerprint density at radius 2 is 1.82 bits per heavy atom. The molecule has 6 nitrogen and oxygen atoms in total. The zero-order valence-corrected chi connectivity index (χ0v) is 17.1. The quantitative estimate of drug-likeness (QED) is 0.519. The molecule has 28 heavy (non-hydrogen) atoms. The number of sulfone groups is 1. The minimum atomic E-state index is -3.72. The third-order valence-electron chi connectivity index (χ3n) is 4.04. The second-order valence-corrected chi connectivity index (χ2v) is 8.40. The van der Waals surface area contributed by atoms with Crippen LogP contribution in [0.15, 0.2) is 58.4 Å². The molecule has 0 spiro atoms. The number of aliphatic imine (C=N–C) groups is 1. The van der Waals surface area contributed by atoms with Gasteiger partial charge in [0.25, 0.3) is 0 Å². The van der Waals surface area contributed by atoms with Crippen LogP contribution in [0.4, 0.5) is 4.39 Å². The van der Waals surface area contributed by atoms with E-state index in [-0.39, 0.29) is 23.3 Å². The number of para-hydroxylation sites is 1.